The van der Waals surface area contributed by atoms with Gasteiger partial charge in [-0.2, -0.15) is 0 Å². The maximum absolute atomic E-state index is 13.6. The van der Waals surface area contributed by atoms with Crippen molar-refractivity contribution < 1.29 is 18.0 Å². The van der Waals surface area contributed by atoms with Crippen LogP contribution in [0.4, 0.5) is 5.69 Å². The van der Waals surface area contributed by atoms with E-state index in [9.17, 15) is 18.0 Å². The molecule has 1 N–H and O–H groups in total. The lowest BCUT2D eigenvalue weighted by molar-refractivity contribution is -0.139. The Kier molecular flexibility index (Phi) is 10.0. The average molecular weight is 555 g/mol. The van der Waals surface area contributed by atoms with E-state index in [1.165, 1.54) is 17.0 Å². The molecule has 1 aliphatic carbocycles. The van der Waals surface area contributed by atoms with Crippen molar-refractivity contribution in [2.45, 2.75) is 57.5 Å². The van der Waals surface area contributed by atoms with Crippen LogP contribution in [0, 0.1) is 0 Å². The highest BCUT2D eigenvalue weighted by Gasteiger charge is 2.31. The number of nitrogens with one attached hydrogen (secondary N) is 1. The first-order valence-electron chi connectivity index (χ1n) is 12.1. The monoisotopic (exact) mass is 553 g/mol. The lowest BCUT2D eigenvalue weighted by Crippen LogP contribution is -2.53. The number of halogens is 2. The molecule has 7 nitrogen and oxygen atoms in total. The van der Waals surface area contributed by atoms with Gasteiger partial charge in [0.15, 0.2) is 0 Å². The van der Waals surface area contributed by atoms with Crippen molar-refractivity contribution in [1.82, 2.24) is 10.2 Å². The lowest BCUT2D eigenvalue weighted by Gasteiger charge is -2.33. The van der Waals surface area contributed by atoms with Gasteiger partial charge in [-0.1, -0.05) is 72.8 Å². The molecular formula is C26H33Cl2N3O4S. The van der Waals surface area contributed by atoms with Gasteiger partial charge < -0.3 is 10.2 Å². The quantitative estimate of drug-likeness (QED) is 0.463. The van der Waals surface area contributed by atoms with Crippen LogP contribution in [0.25, 0.3) is 0 Å². The number of carbonyl (C=O) groups excluding carboxylic acids is 2. The number of nitrogens with zero attached hydrogens (tertiary/aromatic N) is 2. The summed E-state index contributed by atoms with van der Waals surface area (Å²) in [6, 6.07) is 13.4. The molecule has 1 saturated carbocycles. The standard InChI is InChI=1S/C26H33Cl2N3O4S/c1-19(26(33)29-22-11-7-4-8-12-22)30(16-15-20-9-5-3-6-10-20)25(32)18-31(36(2,34)35)24-17-21(27)13-14-23(24)28/h3,5-6,9-10,13-14,17,19,22H,4,7-8,11-12,15-16,18H2,1-2H3,(H,29,33)/t19-/m0/s1. The van der Waals surface area contributed by atoms with E-state index in [-0.39, 0.29) is 34.2 Å². The maximum Gasteiger partial charge on any atom is 0.244 e. The molecular weight excluding hydrogens is 521 g/mol. The van der Waals surface area contributed by atoms with Crippen molar-refractivity contribution >= 4 is 50.7 Å². The normalized spacial score (nSPS) is 15.2. The number of anilines is 1. The van der Waals surface area contributed by atoms with Crippen LogP contribution in [0.3, 0.4) is 0 Å². The van der Waals surface area contributed by atoms with Crippen LogP contribution in [0.2, 0.25) is 10.0 Å². The molecule has 0 spiro atoms. The van der Waals surface area contributed by atoms with Crippen LogP contribution in [0.15, 0.2) is 48.5 Å². The maximum atomic E-state index is 13.6. The van der Waals surface area contributed by atoms with Gasteiger partial charge >= 0.3 is 0 Å². The summed E-state index contributed by atoms with van der Waals surface area (Å²) >= 11 is 12.4. The van der Waals surface area contributed by atoms with Gasteiger partial charge in [-0.05, 0) is 49.9 Å². The Morgan fingerprint density at radius 1 is 1.06 bits per heavy atom. The van der Waals surface area contributed by atoms with Gasteiger partial charge in [0.1, 0.15) is 12.6 Å². The third-order valence-electron chi connectivity index (χ3n) is 6.46. The molecule has 2 amide bonds. The Hall–Kier alpha value is -2.29. The molecule has 1 atom stereocenters. The molecule has 0 heterocycles. The molecule has 0 aromatic heterocycles. The minimum atomic E-state index is -3.88. The van der Waals surface area contributed by atoms with E-state index >= 15 is 0 Å². The van der Waals surface area contributed by atoms with Crippen LogP contribution in [-0.2, 0) is 26.0 Å². The Labute approximate surface area is 223 Å². The molecule has 36 heavy (non-hydrogen) atoms. The zero-order valence-electron chi connectivity index (χ0n) is 20.6. The topological polar surface area (TPSA) is 86.8 Å². The second-order valence-electron chi connectivity index (χ2n) is 9.21. The molecule has 3 rings (SSSR count). The minimum Gasteiger partial charge on any atom is -0.352 e. The third-order valence-corrected chi connectivity index (χ3v) is 8.14. The van der Waals surface area contributed by atoms with Crippen LogP contribution in [-0.4, -0.2) is 56.6 Å². The third kappa shape index (κ3) is 7.85. The number of rotatable bonds is 10. The van der Waals surface area contributed by atoms with Crippen LogP contribution >= 0.6 is 23.2 Å². The highest BCUT2D eigenvalue weighted by atomic mass is 35.5. The second kappa shape index (κ2) is 12.8. The van der Waals surface area contributed by atoms with Crippen molar-refractivity contribution in [3.63, 3.8) is 0 Å². The minimum absolute atomic E-state index is 0.0950. The lowest BCUT2D eigenvalue weighted by atomic mass is 9.95. The van der Waals surface area contributed by atoms with Crippen molar-refractivity contribution in [3.8, 4) is 0 Å². The molecule has 2 aromatic rings. The Morgan fingerprint density at radius 2 is 1.72 bits per heavy atom. The predicted octanol–water partition coefficient (Wildman–Crippen LogP) is 4.67. The molecule has 196 valence electrons. The second-order valence-corrected chi connectivity index (χ2v) is 12.0. The number of hydrogen-bond donors (Lipinski definition) is 1. The van der Waals surface area contributed by atoms with Gasteiger partial charge in [-0.25, -0.2) is 8.42 Å². The average Bonchev–Trinajstić information content (AvgIpc) is 2.84. The molecule has 0 bridgehead atoms. The Morgan fingerprint density at radius 3 is 2.36 bits per heavy atom. The van der Waals surface area contributed by atoms with Crippen LogP contribution in [0.1, 0.15) is 44.6 Å². The largest absolute Gasteiger partial charge is 0.352 e. The first-order valence-corrected chi connectivity index (χ1v) is 14.7. The van der Waals surface area contributed by atoms with Crippen molar-refractivity contribution in [3.05, 3.63) is 64.1 Å². The first-order chi connectivity index (χ1) is 17.1. The van der Waals surface area contributed by atoms with Crippen molar-refractivity contribution in [2.75, 3.05) is 23.7 Å². The van der Waals surface area contributed by atoms with Crippen LogP contribution < -0.4 is 9.62 Å². The summed E-state index contributed by atoms with van der Waals surface area (Å²) in [7, 11) is -3.88. The zero-order valence-corrected chi connectivity index (χ0v) is 23.0. The van der Waals surface area contributed by atoms with E-state index in [1.807, 2.05) is 30.3 Å². The molecule has 0 radical (unpaired) electrons. The molecule has 0 aliphatic heterocycles. The number of hydrogen-bond acceptors (Lipinski definition) is 4. The first kappa shape index (κ1) is 28.3. The summed E-state index contributed by atoms with van der Waals surface area (Å²) in [5.41, 5.74) is 1.12. The summed E-state index contributed by atoms with van der Waals surface area (Å²) in [6.45, 7) is 1.43. The van der Waals surface area contributed by atoms with E-state index < -0.39 is 28.5 Å². The van der Waals surface area contributed by atoms with E-state index in [4.69, 9.17) is 23.2 Å². The number of carbonyl (C=O) groups is 2. The number of benzene rings is 2. The number of amides is 2. The van der Waals surface area contributed by atoms with Gasteiger partial charge in [-0.3, -0.25) is 13.9 Å². The highest BCUT2D eigenvalue weighted by molar-refractivity contribution is 7.92. The summed E-state index contributed by atoms with van der Waals surface area (Å²) in [5, 5.41) is 3.52. The highest BCUT2D eigenvalue weighted by Crippen LogP contribution is 2.30. The van der Waals surface area contributed by atoms with Gasteiger partial charge in [0.25, 0.3) is 0 Å². The van der Waals surface area contributed by atoms with Gasteiger partial charge in [0, 0.05) is 17.6 Å². The van der Waals surface area contributed by atoms with E-state index in [1.54, 1.807) is 13.0 Å². The summed E-state index contributed by atoms with van der Waals surface area (Å²) < 4.78 is 26.3. The van der Waals surface area contributed by atoms with E-state index in [0.717, 1.165) is 48.2 Å². The molecule has 2 aromatic carbocycles. The Balaban J connectivity index is 1.84. The summed E-state index contributed by atoms with van der Waals surface area (Å²) in [5.74, 6) is -0.742. The SMILES string of the molecule is C[C@@H](C(=O)NC1CCCCC1)N(CCc1ccccc1)C(=O)CN(c1cc(Cl)ccc1Cl)S(C)(=O)=O. The van der Waals surface area contributed by atoms with Crippen molar-refractivity contribution in [1.29, 1.82) is 0 Å². The summed E-state index contributed by atoms with van der Waals surface area (Å²) in [4.78, 5) is 28.2. The fourth-order valence-electron chi connectivity index (χ4n) is 4.41. The number of sulfonamides is 1. The summed E-state index contributed by atoms with van der Waals surface area (Å²) in [6.07, 6.45) is 6.67. The van der Waals surface area contributed by atoms with Gasteiger partial charge in [-0.15, -0.1) is 0 Å². The Bertz CT molecular complexity index is 1160. The van der Waals surface area contributed by atoms with E-state index in [2.05, 4.69) is 5.32 Å². The molecule has 0 saturated heterocycles. The zero-order chi connectivity index (χ0) is 26.3. The molecule has 10 heteroatoms. The fourth-order valence-corrected chi connectivity index (χ4v) is 5.70. The van der Waals surface area contributed by atoms with Gasteiger partial charge in [0.05, 0.1) is 17.0 Å². The van der Waals surface area contributed by atoms with Crippen LogP contribution in [0.5, 0.6) is 0 Å². The smallest absolute Gasteiger partial charge is 0.244 e. The molecule has 1 fully saturated rings. The predicted molar refractivity (Wildman–Crippen MR) is 145 cm³/mol. The molecule has 0 unspecified atom stereocenters. The van der Waals surface area contributed by atoms with Crippen molar-refractivity contribution in [2.24, 2.45) is 0 Å². The van der Waals surface area contributed by atoms with E-state index in [0.29, 0.717) is 6.42 Å². The molecule has 1 aliphatic rings. The fraction of sp³-hybridized carbons (Fsp3) is 0.462. The van der Waals surface area contributed by atoms with Gasteiger partial charge in [0.2, 0.25) is 21.8 Å².